The van der Waals surface area contributed by atoms with Crippen LogP contribution in [0.15, 0.2) is 30.3 Å². The lowest BCUT2D eigenvalue weighted by molar-refractivity contribution is -0.149. The fourth-order valence-corrected chi connectivity index (χ4v) is 2.64. The van der Waals surface area contributed by atoms with Gasteiger partial charge in [0.15, 0.2) is 0 Å². The van der Waals surface area contributed by atoms with Crippen molar-refractivity contribution < 1.29 is 14.3 Å². The van der Waals surface area contributed by atoms with Crippen LogP contribution in [0.2, 0.25) is 0 Å². The van der Waals surface area contributed by atoms with Crippen molar-refractivity contribution in [2.45, 2.75) is 38.9 Å². The van der Waals surface area contributed by atoms with Crippen LogP contribution in [-0.4, -0.2) is 49.3 Å². The second-order valence-corrected chi connectivity index (χ2v) is 5.40. The van der Waals surface area contributed by atoms with Crippen LogP contribution >= 0.6 is 0 Å². The SMILES string of the molecule is CCO[C@H](C)C(=O)N1CCO[C@H](CCc2ccccc2)C1. The minimum absolute atomic E-state index is 0.0739. The van der Waals surface area contributed by atoms with Crippen LogP contribution in [0.1, 0.15) is 25.8 Å². The molecule has 116 valence electrons. The molecule has 0 spiro atoms. The smallest absolute Gasteiger partial charge is 0.251 e. The molecule has 4 nitrogen and oxygen atoms in total. The molecule has 0 saturated carbocycles. The number of rotatable bonds is 6. The van der Waals surface area contributed by atoms with Crippen molar-refractivity contribution >= 4 is 5.91 Å². The second-order valence-electron chi connectivity index (χ2n) is 5.40. The highest BCUT2D eigenvalue weighted by Crippen LogP contribution is 2.14. The van der Waals surface area contributed by atoms with Gasteiger partial charge in [0, 0.05) is 19.7 Å². The molecule has 0 unspecified atom stereocenters. The molecule has 0 N–H and O–H groups in total. The predicted molar refractivity (Wildman–Crippen MR) is 82.2 cm³/mol. The number of benzene rings is 1. The largest absolute Gasteiger partial charge is 0.375 e. The van der Waals surface area contributed by atoms with E-state index < -0.39 is 0 Å². The van der Waals surface area contributed by atoms with E-state index in [9.17, 15) is 4.79 Å². The third kappa shape index (κ3) is 4.83. The molecule has 0 aromatic heterocycles. The Kier molecular flexibility index (Phi) is 6.21. The van der Waals surface area contributed by atoms with Gasteiger partial charge in [0.2, 0.25) is 0 Å². The number of amides is 1. The zero-order chi connectivity index (χ0) is 15.1. The lowest BCUT2D eigenvalue weighted by Crippen LogP contribution is -2.49. The maximum atomic E-state index is 12.3. The van der Waals surface area contributed by atoms with Crippen molar-refractivity contribution in [3.05, 3.63) is 35.9 Å². The van der Waals surface area contributed by atoms with Crippen LogP contribution in [0, 0.1) is 0 Å². The van der Waals surface area contributed by atoms with E-state index in [0.717, 1.165) is 12.8 Å². The average Bonchev–Trinajstić information content (AvgIpc) is 2.54. The fraction of sp³-hybridized carbons (Fsp3) is 0.588. The molecule has 0 aliphatic carbocycles. The van der Waals surface area contributed by atoms with E-state index in [1.807, 2.05) is 24.8 Å². The molecule has 1 aliphatic heterocycles. The Morgan fingerprint density at radius 3 is 2.90 bits per heavy atom. The van der Waals surface area contributed by atoms with Gasteiger partial charge in [0.25, 0.3) is 5.91 Å². The molecular formula is C17H25NO3. The Morgan fingerprint density at radius 1 is 1.43 bits per heavy atom. The van der Waals surface area contributed by atoms with Gasteiger partial charge in [-0.1, -0.05) is 30.3 Å². The van der Waals surface area contributed by atoms with E-state index >= 15 is 0 Å². The first-order valence-corrected chi connectivity index (χ1v) is 7.76. The molecular weight excluding hydrogens is 266 g/mol. The van der Waals surface area contributed by atoms with E-state index in [4.69, 9.17) is 9.47 Å². The van der Waals surface area contributed by atoms with Gasteiger partial charge in [-0.15, -0.1) is 0 Å². The number of carbonyl (C=O) groups is 1. The standard InChI is InChI=1S/C17H25NO3/c1-3-20-14(2)17(19)18-11-12-21-16(13-18)10-9-15-7-5-4-6-8-15/h4-8,14,16H,3,9-13H2,1-2H3/t14-,16-/m1/s1. The zero-order valence-electron chi connectivity index (χ0n) is 13.0. The molecule has 1 saturated heterocycles. The zero-order valence-corrected chi connectivity index (χ0v) is 13.0. The third-order valence-corrected chi connectivity index (χ3v) is 3.81. The van der Waals surface area contributed by atoms with Gasteiger partial charge in [0.1, 0.15) is 6.10 Å². The summed E-state index contributed by atoms with van der Waals surface area (Å²) in [4.78, 5) is 14.1. The average molecular weight is 291 g/mol. The molecule has 2 atom stereocenters. The van der Waals surface area contributed by atoms with Crippen molar-refractivity contribution in [2.24, 2.45) is 0 Å². The number of aryl methyl sites for hydroxylation is 1. The highest BCUT2D eigenvalue weighted by molar-refractivity contribution is 5.80. The highest BCUT2D eigenvalue weighted by Gasteiger charge is 2.27. The van der Waals surface area contributed by atoms with Gasteiger partial charge in [-0.2, -0.15) is 0 Å². The van der Waals surface area contributed by atoms with Crippen LogP contribution in [0.3, 0.4) is 0 Å². The summed E-state index contributed by atoms with van der Waals surface area (Å²) in [5.74, 6) is 0.0739. The van der Waals surface area contributed by atoms with Gasteiger partial charge in [-0.3, -0.25) is 4.79 Å². The Morgan fingerprint density at radius 2 is 2.19 bits per heavy atom. The summed E-state index contributed by atoms with van der Waals surface area (Å²) >= 11 is 0. The summed E-state index contributed by atoms with van der Waals surface area (Å²) in [6.45, 7) is 6.24. The molecule has 1 aromatic carbocycles. The van der Waals surface area contributed by atoms with E-state index in [2.05, 4.69) is 24.3 Å². The van der Waals surface area contributed by atoms with E-state index in [1.54, 1.807) is 0 Å². The van der Waals surface area contributed by atoms with Crippen LogP contribution in [-0.2, 0) is 20.7 Å². The quantitative estimate of drug-likeness (QED) is 0.807. The number of morpholine rings is 1. The lowest BCUT2D eigenvalue weighted by atomic mass is 10.1. The van der Waals surface area contributed by atoms with E-state index in [-0.39, 0.29) is 18.1 Å². The fourth-order valence-electron chi connectivity index (χ4n) is 2.64. The van der Waals surface area contributed by atoms with Gasteiger partial charge in [-0.25, -0.2) is 0 Å². The Labute approximate surface area is 127 Å². The van der Waals surface area contributed by atoms with Crippen molar-refractivity contribution in [2.75, 3.05) is 26.3 Å². The molecule has 1 amide bonds. The van der Waals surface area contributed by atoms with Crippen LogP contribution in [0.4, 0.5) is 0 Å². The van der Waals surface area contributed by atoms with E-state index in [1.165, 1.54) is 5.56 Å². The number of carbonyl (C=O) groups excluding carboxylic acids is 1. The van der Waals surface area contributed by atoms with Gasteiger partial charge < -0.3 is 14.4 Å². The van der Waals surface area contributed by atoms with Gasteiger partial charge in [0.05, 0.1) is 12.7 Å². The minimum atomic E-state index is -0.358. The normalized spacial score (nSPS) is 20.3. The van der Waals surface area contributed by atoms with Crippen LogP contribution in [0.25, 0.3) is 0 Å². The van der Waals surface area contributed by atoms with E-state index in [0.29, 0.717) is 26.3 Å². The minimum Gasteiger partial charge on any atom is -0.375 e. The summed E-state index contributed by atoms with van der Waals surface area (Å²) in [6.07, 6.45) is 1.69. The highest BCUT2D eigenvalue weighted by atomic mass is 16.5. The summed E-state index contributed by atoms with van der Waals surface area (Å²) in [5, 5.41) is 0. The molecule has 1 aliphatic rings. The summed E-state index contributed by atoms with van der Waals surface area (Å²) in [7, 11) is 0. The molecule has 4 heteroatoms. The predicted octanol–water partition coefficient (Wildman–Crippen LogP) is 2.27. The summed E-state index contributed by atoms with van der Waals surface area (Å²) < 4.78 is 11.2. The van der Waals surface area contributed by atoms with Gasteiger partial charge >= 0.3 is 0 Å². The van der Waals surface area contributed by atoms with Gasteiger partial charge in [-0.05, 0) is 32.3 Å². The third-order valence-electron chi connectivity index (χ3n) is 3.81. The first kappa shape index (κ1) is 16.0. The number of hydrogen-bond donors (Lipinski definition) is 0. The molecule has 21 heavy (non-hydrogen) atoms. The van der Waals surface area contributed by atoms with Crippen molar-refractivity contribution in [1.82, 2.24) is 4.90 Å². The van der Waals surface area contributed by atoms with Crippen molar-refractivity contribution in [3.8, 4) is 0 Å². The maximum Gasteiger partial charge on any atom is 0.251 e. The molecule has 2 rings (SSSR count). The van der Waals surface area contributed by atoms with Crippen LogP contribution in [0.5, 0.6) is 0 Å². The summed E-state index contributed by atoms with van der Waals surface area (Å²) in [5.41, 5.74) is 1.31. The van der Waals surface area contributed by atoms with Crippen LogP contribution < -0.4 is 0 Å². The molecule has 1 heterocycles. The Balaban J connectivity index is 1.82. The summed E-state index contributed by atoms with van der Waals surface area (Å²) in [6, 6.07) is 10.4. The first-order chi connectivity index (χ1) is 10.2. The number of ether oxygens (including phenoxy) is 2. The van der Waals surface area contributed by atoms with Crippen molar-refractivity contribution in [3.63, 3.8) is 0 Å². The topological polar surface area (TPSA) is 38.8 Å². The number of hydrogen-bond acceptors (Lipinski definition) is 3. The lowest BCUT2D eigenvalue weighted by Gasteiger charge is -2.34. The van der Waals surface area contributed by atoms with Crippen molar-refractivity contribution in [1.29, 1.82) is 0 Å². The Hall–Kier alpha value is -1.39. The Bertz CT molecular complexity index is 435. The molecule has 0 bridgehead atoms. The monoisotopic (exact) mass is 291 g/mol. The molecule has 1 fully saturated rings. The molecule has 0 radical (unpaired) electrons. The first-order valence-electron chi connectivity index (χ1n) is 7.76. The maximum absolute atomic E-state index is 12.3. The number of nitrogens with zero attached hydrogens (tertiary/aromatic N) is 1. The second kappa shape index (κ2) is 8.15. The molecule has 1 aromatic rings.